The number of hydrogen-bond donors (Lipinski definition) is 1. The van der Waals surface area contributed by atoms with Gasteiger partial charge in [-0.3, -0.25) is 13.9 Å². The molecule has 0 spiro atoms. The summed E-state index contributed by atoms with van der Waals surface area (Å²) in [5.41, 5.74) is 3.12. The lowest BCUT2D eigenvalue weighted by atomic mass is 10.00. The van der Waals surface area contributed by atoms with E-state index in [1.807, 2.05) is 89.2 Å². The average Bonchev–Trinajstić information content (AvgIpc) is 3.02. The fraction of sp³-hybridized carbons (Fsp3) is 0.297. The van der Waals surface area contributed by atoms with Crippen LogP contribution in [0.2, 0.25) is 5.02 Å². The third kappa shape index (κ3) is 9.14. The number of halogens is 1. The van der Waals surface area contributed by atoms with Crippen molar-refractivity contribution in [3.05, 3.63) is 124 Å². The Kier molecular flexibility index (Phi) is 11.4. The van der Waals surface area contributed by atoms with E-state index in [1.165, 1.54) is 30.2 Å². The maximum absolute atomic E-state index is 14.7. The van der Waals surface area contributed by atoms with Crippen molar-refractivity contribution in [1.82, 2.24) is 10.2 Å². The molecule has 4 rings (SSSR count). The lowest BCUT2D eigenvalue weighted by molar-refractivity contribution is -0.140. The van der Waals surface area contributed by atoms with Crippen molar-refractivity contribution in [2.45, 2.75) is 64.1 Å². The maximum atomic E-state index is 14.7. The molecule has 0 fully saturated rings. The second-order valence-corrected chi connectivity index (χ2v) is 14.8. The number of nitrogens with zero attached hydrogens (tertiary/aromatic N) is 2. The molecule has 4 aromatic carbocycles. The molecule has 0 aromatic heterocycles. The average molecular weight is 676 g/mol. The zero-order valence-electron chi connectivity index (χ0n) is 27.7. The van der Waals surface area contributed by atoms with Crippen molar-refractivity contribution in [2.75, 3.05) is 18.0 Å². The molecule has 0 bridgehead atoms. The van der Waals surface area contributed by atoms with E-state index in [4.69, 9.17) is 16.3 Å². The van der Waals surface area contributed by atoms with E-state index in [9.17, 15) is 18.0 Å². The SMILES string of the molecule is COc1ccc(N(CC(=O)N(Cc2ccccc2C)[C@@H](Cc2ccccc2)C(=O)NC(C)(C)C)S(=O)(=O)c2ccc(C)cc2)cc1Cl. The third-order valence-electron chi connectivity index (χ3n) is 7.68. The molecular formula is C37H42ClN3O5S. The molecule has 2 amide bonds. The first kappa shape index (κ1) is 35.5. The van der Waals surface area contributed by atoms with Crippen molar-refractivity contribution >= 4 is 39.1 Å². The molecular weight excluding hydrogens is 634 g/mol. The molecule has 47 heavy (non-hydrogen) atoms. The van der Waals surface area contributed by atoms with Crippen LogP contribution in [0.15, 0.2) is 102 Å². The summed E-state index contributed by atoms with van der Waals surface area (Å²) >= 11 is 6.46. The van der Waals surface area contributed by atoms with Crippen LogP contribution in [-0.4, -0.2) is 50.4 Å². The molecule has 1 atom stereocenters. The van der Waals surface area contributed by atoms with Crippen LogP contribution in [0, 0.1) is 13.8 Å². The summed E-state index contributed by atoms with van der Waals surface area (Å²) in [5, 5.41) is 3.23. The number of carbonyl (C=O) groups is 2. The van der Waals surface area contributed by atoms with Crippen LogP contribution >= 0.6 is 11.6 Å². The van der Waals surface area contributed by atoms with E-state index >= 15 is 0 Å². The lowest BCUT2D eigenvalue weighted by Gasteiger charge is -2.35. The molecule has 0 radical (unpaired) electrons. The van der Waals surface area contributed by atoms with Crippen LogP contribution in [0.1, 0.15) is 43.0 Å². The molecule has 1 N–H and O–H groups in total. The van der Waals surface area contributed by atoms with Gasteiger partial charge >= 0.3 is 0 Å². The molecule has 0 saturated carbocycles. The molecule has 10 heteroatoms. The molecule has 0 saturated heterocycles. The topological polar surface area (TPSA) is 96.0 Å². The highest BCUT2D eigenvalue weighted by Gasteiger charge is 2.36. The number of sulfonamides is 1. The molecule has 0 aliphatic carbocycles. The van der Waals surface area contributed by atoms with E-state index in [1.54, 1.807) is 24.3 Å². The summed E-state index contributed by atoms with van der Waals surface area (Å²) in [5.74, 6) is -0.540. The number of benzene rings is 4. The van der Waals surface area contributed by atoms with Gasteiger partial charge in [0.25, 0.3) is 10.0 Å². The Labute approximate surface area is 283 Å². The Morgan fingerprint density at radius 1 is 0.894 bits per heavy atom. The van der Waals surface area contributed by atoms with Gasteiger partial charge in [-0.1, -0.05) is 83.9 Å². The quantitative estimate of drug-likeness (QED) is 0.180. The number of anilines is 1. The smallest absolute Gasteiger partial charge is 0.264 e. The first-order valence-electron chi connectivity index (χ1n) is 15.3. The van der Waals surface area contributed by atoms with Crippen molar-refractivity contribution in [2.24, 2.45) is 0 Å². The van der Waals surface area contributed by atoms with Gasteiger partial charge in [0.2, 0.25) is 11.8 Å². The first-order chi connectivity index (χ1) is 22.2. The van der Waals surface area contributed by atoms with E-state index in [2.05, 4.69) is 5.32 Å². The van der Waals surface area contributed by atoms with Crippen molar-refractivity contribution in [3.63, 3.8) is 0 Å². The number of carbonyl (C=O) groups excluding carboxylic acids is 2. The zero-order valence-corrected chi connectivity index (χ0v) is 29.2. The summed E-state index contributed by atoms with van der Waals surface area (Å²) in [7, 11) is -2.80. The minimum absolute atomic E-state index is 0.0135. The van der Waals surface area contributed by atoms with Crippen molar-refractivity contribution in [3.8, 4) is 5.75 Å². The Hall–Kier alpha value is -4.34. The Balaban J connectivity index is 1.85. The number of nitrogens with one attached hydrogen (secondary N) is 1. The number of ether oxygens (including phenoxy) is 1. The number of hydrogen-bond acceptors (Lipinski definition) is 5. The van der Waals surface area contributed by atoms with Gasteiger partial charge in [-0.25, -0.2) is 8.42 Å². The van der Waals surface area contributed by atoms with Crippen molar-refractivity contribution < 1.29 is 22.7 Å². The third-order valence-corrected chi connectivity index (χ3v) is 9.77. The van der Waals surface area contributed by atoms with Gasteiger partial charge in [0, 0.05) is 18.5 Å². The molecule has 0 aliphatic heterocycles. The second-order valence-electron chi connectivity index (χ2n) is 12.5. The van der Waals surface area contributed by atoms with E-state index in [-0.39, 0.29) is 34.5 Å². The van der Waals surface area contributed by atoms with Gasteiger partial charge in [0.15, 0.2) is 0 Å². The van der Waals surface area contributed by atoms with Crippen LogP contribution in [0.3, 0.4) is 0 Å². The minimum atomic E-state index is -4.26. The van der Waals surface area contributed by atoms with E-state index in [0.29, 0.717) is 5.75 Å². The summed E-state index contributed by atoms with van der Waals surface area (Å²) < 4.78 is 34.9. The Morgan fingerprint density at radius 3 is 2.13 bits per heavy atom. The molecule has 248 valence electrons. The normalized spacial score (nSPS) is 12.2. The number of methoxy groups -OCH3 is 1. The Bertz CT molecular complexity index is 1810. The predicted octanol–water partition coefficient (Wildman–Crippen LogP) is 6.72. The summed E-state index contributed by atoms with van der Waals surface area (Å²) in [4.78, 5) is 30.2. The largest absolute Gasteiger partial charge is 0.495 e. The highest BCUT2D eigenvalue weighted by molar-refractivity contribution is 7.92. The molecule has 0 aliphatic rings. The molecule has 4 aromatic rings. The van der Waals surface area contributed by atoms with Gasteiger partial charge in [0.1, 0.15) is 18.3 Å². The number of rotatable bonds is 12. The zero-order chi connectivity index (χ0) is 34.4. The minimum Gasteiger partial charge on any atom is -0.495 e. The lowest BCUT2D eigenvalue weighted by Crippen LogP contribution is -2.56. The van der Waals surface area contributed by atoms with E-state index < -0.39 is 34.1 Å². The highest BCUT2D eigenvalue weighted by Crippen LogP contribution is 2.32. The second kappa shape index (κ2) is 15.0. The fourth-order valence-electron chi connectivity index (χ4n) is 5.15. The maximum Gasteiger partial charge on any atom is 0.264 e. The molecule has 0 unspecified atom stereocenters. The predicted molar refractivity (Wildman–Crippen MR) is 187 cm³/mol. The monoisotopic (exact) mass is 675 g/mol. The number of amides is 2. The van der Waals surface area contributed by atoms with Gasteiger partial charge < -0.3 is 15.0 Å². The molecule has 8 nitrogen and oxygen atoms in total. The van der Waals surface area contributed by atoms with Crippen LogP contribution in [-0.2, 0) is 32.6 Å². The van der Waals surface area contributed by atoms with Crippen LogP contribution < -0.4 is 14.4 Å². The van der Waals surface area contributed by atoms with Gasteiger partial charge in [-0.2, -0.15) is 0 Å². The summed E-state index contributed by atoms with van der Waals surface area (Å²) in [6, 6.07) is 27.1. The van der Waals surface area contributed by atoms with Gasteiger partial charge in [0.05, 0.1) is 22.7 Å². The highest BCUT2D eigenvalue weighted by atomic mass is 35.5. The Morgan fingerprint density at radius 2 is 1.53 bits per heavy atom. The summed E-state index contributed by atoms with van der Waals surface area (Å²) in [6.45, 7) is 8.93. The first-order valence-corrected chi connectivity index (χ1v) is 17.1. The van der Waals surface area contributed by atoms with Crippen molar-refractivity contribution in [1.29, 1.82) is 0 Å². The summed E-state index contributed by atoms with van der Waals surface area (Å²) in [6.07, 6.45) is 0.222. The van der Waals surface area contributed by atoms with Crippen LogP contribution in [0.5, 0.6) is 5.75 Å². The fourth-order valence-corrected chi connectivity index (χ4v) is 6.81. The van der Waals surface area contributed by atoms with Crippen LogP contribution in [0.25, 0.3) is 0 Å². The standard InChI is InChI=1S/C37H42ClN3O5S/c1-26-16-19-31(20-17-26)47(44,45)41(30-18-21-34(46-6)32(38)23-30)25-35(42)40(24-29-15-11-10-12-27(29)2)33(36(43)39-37(3,4)5)22-28-13-8-7-9-14-28/h7-21,23,33H,22,24-25H2,1-6H3,(H,39,43)/t33-/m0/s1. The number of aryl methyl sites for hydroxylation is 2. The molecule has 0 heterocycles. The van der Waals surface area contributed by atoms with E-state index in [0.717, 1.165) is 26.6 Å². The van der Waals surface area contributed by atoms with Gasteiger partial charge in [-0.15, -0.1) is 0 Å². The van der Waals surface area contributed by atoms with Crippen LogP contribution in [0.4, 0.5) is 5.69 Å². The van der Waals surface area contributed by atoms with Gasteiger partial charge in [-0.05, 0) is 81.6 Å².